The van der Waals surface area contributed by atoms with Gasteiger partial charge in [0.2, 0.25) is 0 Å². The Kier molecular flexibility index (Phi) is 7.77. The molecule has 1 saturated heterocycles. The van der Waals surface area contributed by atoms with Gasteiger partial charge in [-0.3, -0.25) is 14.5 Å². The maximum Gasteiger partial charge on any atom is 0.254 e. The number of H-pyrrole nitrogens is 1. The molecule has 1 spiro atoms. The summed E-state index contributed by atoms with van der Waals surface area (Å²) < 4.78 is 18.2. The zero-order valence-corrected chi connectivity index (χ0v) is 23.2. The van der Waals surface area contributed by atoms with Crippen molar-refractivity contribution in [2.24, 2.45) is 5.92 Å². The Bertz CT molecular complexity index is 1240. The Morgan fingerprint density at radius 3 is 2.59 bits per heavy atom. The van der Waals surface area contributed by atoms with E-state index < -0.39 is 5.79 Å². The summed E-state index contributed by atoms with van der Waals surface area (Å²) in [5.74, 6) is 0.626. The molecule has 0 unspecified atom stereocenters. The van der Waals surface area contributed by atoms with Crippen LogP contribution in [0.4, 0.5) is 0 Å². The van der Waals surface area contributed by atoms with Crippen LogP contribution in [0, 0.1) is 19.8 Å². The fraction of sp³-hybridized carbons (Fsp3) is 0.556. The van der Waals surface area contributed by atoms with E-state index in [0.717, 1.165) is 69.1 Å². The number of ether oxygens (including phenoxy) is 3. The predicted octanol–water partition coefficient (Wildman–Crippen LogP) is 4.29. The van der Waals surface area contributed by atoms with Crippen LogP contribution in [0.25, 0.3) is 0 Å². The van der Waals surface area contributed by atoms with E-state index in [1.54, 1.807) is 6.07 Å². The molecule has 0 atom stereocenters. The number of hydrogen-bond acceptors (Lipinski definition) is 7. The minimum absolute atomic E-state index is 0.116. The molecule has 10 heteroatoms. The van der Waals surface area contributed by atoms with Gasteiger partial charge in [0.25, 0.3) is 17.3 Å². The number of aromatic amines is 1. The predicted molar refractivity (Wildman–Crippen MR) is 144 cm³/mol. The van der Waals surface area contributed by atoms with E-state index in [9.17, 15) is 9.59 Å². The molecule has 3 heterocycles. The third-order valence-electron chi connectivity index (χ3n) is 7.62. The number of fused-ring (bicyclic) bond motifs is 1. The zero-order chi connectivity index (χ0) is 26.2. The number of aromatic nitrogens is 1. The summed E-state index contributed by atoms with van der Waals surface area (Å²) in [5, 5.41) is 3.24. The van der Waals surface area contributed by atoms with Crippen LogP contribution in [0.3, 0.4) is 0 Å². The maximum atomic E-state index is 13.2. The van der Waals surface area contributed by atoms with Crippen molar-refractivity contribution in [3.8, 4) is 11.5 Å². The minimum Gasteiger partial charge on any atom is -0.448 e. The number of nitrogens with zero attached hydrogens (tertiary/aromatic N) is 1. The normalized spacial score (nSPS) is 23.4. The zero-order valence-electron chi connectivity index (χ0n) is 21.6. The number of carbonyl (C=O) groups is 1. The summed E-state index contributed by atoms with van der Waals surface area (Å²) in [6.07, 6.45) is 5.49. The summed E-state index contributed by atoms with van der Waals surface area (Å²) in [4.78, 5) is 31.8. The lowest BCUT2D eigenvalue weighted by Gasteiger charge is -2.38. The molecule has 2 fully saturated rings. The van der Waals surface area contributed by atoms with Crippen LogP contribution in [0.2, 0.25) is 5.02 Å². The van der Waals surface area contributed by atoms with Crippen molar-refractivity contribution in [1.29, 1.82) is 0 Å². The molecule has 1 aliphatic carbocycles. The number of pyridine rings is 1. The van der Waals surface area contributed by atoms with Gasteiger partial charge >= 0.3 is 0 Å². The number of aryl methyl sites for hydroxylation is 1. The van der Waals surface area contributed by atoms with Gasteiger partial charge in [-0.05, 0) is 51.0 Å². The third-order valence-corrected chi connectivity index (χ3v) is 8.71. The van der Waals surface area contributed by atoms with Crippen LogP contribution in [0.1, 0.15) is 52.9 Å². The number of amides is 1. The highest BCUT2D eigenvalue weighted by Crippen LogP contribution is 2.52. The second-order valence-corrected chi connectivity index (χ2v) is 11.4. The maximum absolute atomic E-state index is 13.2. The lowest BCUT2D eigenvalue weighted by Crippen LogP contribution is -2.45. The Balaban J connectivity index is 1.26. The SMILES string of the molecule is CSc1cc(C)[nH]c(=O)c1CNC(=O)c1cc(Cl)c2c(c1C)OC1(CCC(CN3CCOCC3)CC1)O2. The van der Waals surface area contributed by atoms with Crippen LogP contribution < -0.4 is 20.3 Å². The quantitative estimate of drug-likeness (QED) is 0.521. The molecule has 0 radical (unpaired) electrons. The summed E-state index contributed by atoms with van der Waals surface area (Å²) in [5.41, 5.74) is 2.22. The van der Waals surface area contributed by atoms with Gasteiger partial charge in [0.1, 0.15) is 0 Å². The molecule has 1 saturated carbocycles. The molecule has 8 nitrogen and oxygen atoms in total. The summed E-state index contributed by atoms with van der Waals surface area (Å²) >= 11 is 8.07. The van der Waals surface area contributed by atoms with E-state index in [1.807, 2.05) is 26.2 Å². The number of halogens is 1. The van der Waals surface area contributed by atoms with Crippen LogP contribution >= 0.6 is 23.4 Å². The number of hydrogen-bond donors (Lipinski definition) is 2. The van der Waals surface area contributed by atoms with Gasteiger partial charge in [0.15, 0.2) is 11.5 Å². The van der Waals surface area contributed by atoms with E-state index in [2.05, 4.69) is 15.2 Å². The number of morpholine rings is 1. The average molecular weight is 548 g/mol. The van der Waals surface area contributed by atoms with Crippen molar-refractivity contribution in [1.82, 2.24) is 15.2 Å². The van der Waals surface area contributed by atoms with E-state index in [4.69, 9.17) is 25.8 Å². The lowest BCUT2D eigenvalue weighted by molar-refractivity contribution is -0.116. The van der Waals surface area contributed by atoms with E-state index >= 15 is 0 Å². The number of nitrogens with one attached hydrogen (secondary N) is 2. The van der Waals surface area contributed by atoms with Gasteiger partial charge in [-0.2, -0.15) is 0 Å². The molecular weight excluding hydrogens is 514 g/mol. The first-order valence-corrected chi connectivity index (χ1v) is 14.4. The highest BCUT2D eigenvalue weighted by atomic mass is 35.5. The van der Waals surface area contributed by atoms with E-state index in [-0.39, 0.29) is 18.0 Å². The average Bonchev–Trinajstić information content (AvgIpc) is 3.27. The van der Waals surface area contributed by atoms with Gasteiger partial charge < -0.3 is 24.5 Å². The van der Waals surface area contributed by atoms with E-state index in [1.165, 1.54) is 11.8 Å². The molecule has 2 aromatic rings. The molecular formula is C27H34ClN3O5S. The van der Waals surface area contributed by atoms with Crippen LogP contribution in [-0.4, -0.2) is 60.7 Å². The first-order chi connectivity index (χ1) is 17.8. The fourth-order valence-electron chi connectivity index (χ4n) is 5.50. The number of benzene rings is 1. The minimum atomic E-state index is -0.726. The Morgan fingerprint density at radius 1 is 1.19 bits per heavy atom. The second-order valence-electron chi connectivity index (χ2n) is 10.2. The lowest BCUT2D eigenvalue weighted by atomic mass is 9.84. The van der Waals surface area contributed by atoms with Gasteiger partial charge in [-0.15, -0.1) is 11.8 Å². The standard InChI is InChI=1S/C27H34ClN3O5S/c1-16-12-22(37-3)20(26(33)30-16)14-29-25(32)19-13-21(28)24-23(17(19)2)35-27(36-24)6-4-18(5-7-27)15-31-8-10-34-11-9-31/h12-13,18H,4-11,14-15H2,1-3H3,(H,29,32)(H,30,33). The molecule has 1 aromatic carbocycles. The first-order valence-electron chi connectivity index (χ1n) is 12.8. The molecule has 200 valence electrons. The summed E-state index contributed by atoms with van der Waals surface area (Å²) in [6.45, 7) is 8.50. The molecule has 1 aromatic heterocycles. The molecule has 3 aliphatic rings. The largest absolute Gasteiger partial charge is 0.448 e. The van der Waals surface area contributed by atoms with Crippen molar-refractivity contribution in [2.75, 3.05) is 39.1 Å². The van der Waals surface area contributed by atoms with Crippen LogP contribution in [0.5, 0.6) is 11.5 Å². The van der Waals surface area contributed by atoms with Crippen molar-refractivity contribution >= 4 is 29.3 Å². The monoisotopic (exact) mass is 547 g/mol. The van der Waals surface area contributed by atoms with Crippen molar-refractivity contribution in [3.05, 3.63) is 49.9 Å². The Labute approximate surface area is 226 Å². The van der Waals surface area contributed by atoms with Gasteiger partial charge in [0.05, 0.1) is 18.2 Å². The van der Waals surface area contributed by atoms with E-state index in [0.29, 0.717) is 39.1 Å². The molecule has 5 rings (SSSR count). The van der Waals surface area contributed by atoms with Crippen LogP contribution in [-0.2, 0) is 11.3 Å². The fourth-order valence-corrected chi connectivity index (χ4v) is 6.44. The topological polar surface area (TPSA) is 92.9 Å². The first kappa shape index (κ1) is 26.4. The summed E-state index contributed by atoms with van der Waals surface area (Å²) in [7, 11) is 0. The van der Waals surface area contributed by atoms with Gasteiger partial charge in [-0.1, -0.05) is 11.6 Å². The number of thioether (sulfide) groups is 1. The number of carbonyl (C=O) groups excluding carboxylic acids is 1. The summed E-state index contributed by atoms with van der Waals surface area (Å²) in [6, 6.07) is 3.54. The highest BCUT2D eigenvalue weighted by Gasteiger charge is 2.46. The molecule has 2 N–H and O–H groups in total. The third kappa shape index (κ3) is 5.50. The molecule has 37 heavy (non-hydrogen) atoms. The van der Waals surface area contributed by atoms with Crippen molar-refractivity contribution in [2.45, 2.75) is 56.8 Å². The number of rotatable bonds is 6. The highest BCUT2D eigenvalue weighted by molar-refractivity contribution is 7.98. The Hall–Kier alpha value is -2.20. The van der Waals surface area contributed by atoms with Crippen molar-refractivity contribution < 1.29 is 19.0 Å². The van der Waals surface area contributed by atoms with Gasteiger partial charge in [0, 0.05) is 66.3 Å². The second kappa shape index (κ2) is 10.9. The Morgan fingerprint density at radius 2 is 1.89 bits per heavy atom. The molecule has 1 amide bonds. The van der Waals surface area contributed by atoms with Crippen LogP contribution in [0.15, 0.2) is 21.8 Å². The molecule has 0 bridgehead atoms. The smallest absolute Gasteiger partial charge is 0.254 e. The van der Waals surface area contributed by atoms with Crippen molar-refractivity contribution in [3.63, 3.8) is 0 Å². The molecule has 2 aliphatic heterocycles. The van der Waals surface area contributed by atoms with Gasteiger partial charge in [-0.25, -0.2) is 0 Å².